The van der Waals surface area contributed by atoms with Gasteiger partial charge >= 0.3 is 6.01 Å². The summed E-state index contributed by atoms with van der Waals surface area (Å²) in [6.45, 7) is 3.37. The standard InChI is InChI=1S/C20H23N5O2/c1-24-10-8-14(12-24)13-25(2)15-3-5-16(6-4-15)27-20-22-18-11-21-9-7-17(18)19(26)23-20/h3-7,9,11,14H,8,10,12-13H2,1-2H3,(H,22,23,26). The van der Waals surface area contributed by atoms with Crippen molar-refractivity contribution in [3.63, 3.8) is 0 Å². The third-order valence-corrected chi connectivity index (χ3v) is 5.00. The van der Waals surface area contributed by atoms with E-state index in [2.05, 4.69) is 38.8 Å². The van der Waals surface area contributed by atoms with Crippen molar-refractivity contribution >= 4 is 16.6 Å². The molecule has 27 heavy (non-hydrogen) atoms. The molecule has 0 radical (unpaired) electrons. The van der Waals surface area contributed by atoms with E-state index in [-0.39, 0.29) is 11.6 Å². The molecule has 0 spiro atoms. The maximum atomic E-state index is 12.1. The van der Waals surface area contributed by atoms with E-state index >= 15 is 0 Å². The van der Waals surface area contributed by atoms with E-state index in [0.29, 0.717) is 22.6 Å². The number of aromatic amines is 1. The van der Waals surface area contributed by atoms with Crippen molar-refractivity contribution in [2.45, 2.75) is 6.42 Å². The van der Waals surface area contributed by atoms with Crippen molar-refractivity contribution in [3.8, 4) is 11.8 Å². The highest BCUT2D eigenvalue weighted by atomic mass is 16.5. The lowest BCUT2D eigenvalue weighted by Gasteiger charge is -2.23. The highest BCUT2D eigenvalue weighted by Gasteiger charge is 2.20. The number of nitrogens with zero attached hydrogens (tertiary/aromatic N) is 4. The fourth-order valence-electron chi connectivity index (χ4n) is 3.57. The lowest BCUT2D eigenvalue weighted by Crippen LogP contribution is -2.27. The number of nitrogens with one attached hydrogen (secondary N) is 1. The Bertz CT molecular complexity index is 986. The summed E-state index contributed by atoms with van der Waals surface area (Å²) in [4.78, 5) is 27.7. The highest BCUT2D eigenvalue weighted by Crippen LogP contribution is 2.24. The molecule has 7 heteroatoms. The Kier molecular flexibility index (Phi) is 4.77. The first-order chi connectivity index (χ1) is 13.1. The van der Waals surface area contributed by atoms with Crippen LogP contribution < -0.4 is 15.2 Å². The van der Waals surface area contributed by atoms with E-state index in [0.717, 1.165) is 18.8 Å². The van der Waals surface area contributed by atoms with Crippen LogP contribution in [0.5, 0.6) is 11.8 Å². The van der Waals surface area contributed by atoms with Crippen molar-refractivity contribution < 1.29 is 4.74 Å². The molecular formula is C20H23N5O2. The van der Waals surface area contributed by atoms with Crippen LogP contribution in [0.3, 0.4) is 0 Å². The van der Waals surface area contributed by atoms with Gasteiger partial charge in [0.15, 0.2) is 0 Å². The molecule has 1 aliphatic rings. The maximum absolute atomic E-state index is 12.1. The average Bonchev–Trinajstić information content (AvgIpc) is 3.07. The topological polar surface area (TPSA) is 74.3 Å². The first-order valence-corrected chi connectivity index (χ1v) is 9.10. The van der Waals surface area contributed by atoms with Crippen LogP contribution in [0.2, 0.25) is 0 Å². The third kappa shape index (κ3) is 3.93. The largest absolute Gasteiger partial charge is 0.426 e. The number of likely N-dealkylation sites (tertiary alicyclic amines) is 1. The molecule has 1 aliphatic heterocycles. The maximum Gasteiger partial charge on any atom is 0.302 e. The molecule has 4 rings (SSSR count). The summed E-state index contributed by atoms with van der Waals surface area (Å²) in [5, 5.41) is 0.492. The zero-order valence-electron chi connectivity index (χ0n) is 15.6. The molecule has 1 aromatic carbocycles. The first-order valence-electron chi connectivity index (χ1n) is 9.10. The monoisotopic (exact) mass is 365 g/mol. The van der Waals surface area contributed by atoms with Crippen molar-refractivity contribution in [1.29, 1.82) is 0 Å². The number of aromatic nitrogens is 3. The minimum Gasteiger partial charge on any atom is -0.426 e. The fourth-order valence-corrected chi connectivity index (χ4v) is 3.57. The Morgan fingerprint density at radius 1 is 1.30 bits per heavy atom. The molecule has 0 amide bonds. The molecule has 0 aliphatic carbocycles. The number of benzene rings is 1. The summed E-state index contributed by atoms with van der Waals surface area (Å²) in [5.74, 6) is 1.33. The summed E-state index contributed by atoms with van der Waals surface area (Å²) in [6.07, 6.45) is 4.37. The molecule has 3 aromatic rings. The van der Waals surface area contributed by atoms with Crippen LogP contribution in [-0.4, -0.2) is 53.6 Å². The zero-order valence-corrected chi connectivity index (χ0v) is 15.6. The zero-order chi connectivity index (χ0) is 18.8. The van der Waals surface area contributed by atoms with Crippen molar-refractivity contribution in [3.05, 3.63) is 53.1 Å². The molecule has 0 saturated carbocycles. The van der Waals surface area contributed by atoms with Gasteiger partial charge in [-0.3, -0.25) is 14.8 Å². The molecule has 1 saturated heterocycles. The Balaban J connectivity index is 1.45. The number of ether oxygens (including phenoxy) is 1. The van der Waals surface area contributed by atoms with E-state index < -0.39 is 0 Å². The summed E-state index contributed by atoms with van der Waals surface area (Å²) < 4.78 is 5.73. The molecule has 1 N–H and O–H groups in total. The normalized spacial score (nSPS) is 17.3. The third-order valence-electron chi connectivity index (χ3n) is 5.00. The predicted molar refractivity (Wildman–Crippen MR) is 106 cm³/mol. The van der Waals surface area contributed by atoms with E-state index in [4.69, 9.17) is 4.74 Å². The summed E-state index contributed by atoms with van der Waals surface area (Å²) in [6, 6.07) is 9.62. The predicted octanol–water partition coefficient (Wildman–Crippen LogP) is 2.50. The lowest BCUT2D eigenvalue weighted by atomic mass is 10.1. The van der Waals surface area contributed by atoms with Gasteiger partial charge in [-0.25, -0.2) is 0 Å². The van der Waals surface area contributed by atoms with Crippen LogP contribution in [-0.2, 0) is 0 Å². The summed E-state index contributed by atoms with van der Waals surface area (Å²) in [7, 11) is 4.29. The highest BCUT2D eigenvalue weighted by molar-refractivity contribution is 5.76. The van der Waals surface area contributed by atoms with Gasteiger partial charge in [-0.05, 0) is 56.3 Å². The van der Waals surface area contributed by atoms with Crippen molar-refractivity contribution in [2.75, 3.05) is 38.6 Å². The second-order valence-electron chi connectivity index (χ2n) is 7.16. The number of H-pyrrole nitrogens is 1. The molecule has 3 heterocycles. The Labute approximate surface area is 157 Å². The minimum absolute atomic E-state index is 0.163. The Morgan fingerprint density at radius 2 is 2.11 bits per heavy atom. The molecule has 140 valence electrons. The minimum atomic E-state index is -0.240. The number of anilines is 1. The Hall–Kier alpha value is -2.93. The smallest absolute Gasteiger partial charge is 0.302 e. The number of hydrogen-bond donors (Lipinski definition) is 1. The second-order valence-corrected chi connectivity index (χ2v) is 7.16. The van der Waals surface area contributed by atoms with Gasteiger partial charge in [-0.15, -0.1) is 0 Å². The van der Waals surface area contributed by atoms with Crippen LogP contribution in [0.25, 0.3) is 10.9 Å². The second kappa shape index (κ2) is 7.36. The van der Waals surface area contributed by atoms with Crippen LogP contribution in [0, 0.1) is 5.92 Å². The van der Waals surface area contributed by atoms with E-state index in [1.807, 2.05) is 24.3 Å². The number of fused-ring (bicyclic) bond motifs is 1. The van der Waals surface area contributed by atoms with Crippen molar-refractivity contribution in [1.82, 2.24) is 19.9 Å². The van der Waals surface area contributed by atoms with Gasteiger partial charge in [0.2, 0.25) is 0 Å². The van der Waals surface area contributed by atoms with E-state index in [9.17, 15) is 4.79 Å². The summed E-state index contributed by atoms with van der Waals surface area (Å²) in [5.41, 5.74) is 1.41. The van der Waals surface area contributed by atoms with Gasteiger partial charge < -0.3 is 14.5 Å². The number of rotatable bonds is 5. The van der Waals surface area contributed by atoms with Crippen molar-refractivity contribution in [2.24, 2.45) is 5.92 Å². The lowest BCUT2D eigenvalue weighted by molar-refractivity contribution is 0.396. The van der Waals surface area contributed by atoms with Gasteiger partial charge in [-0.1, -0.05) is 0 Å². The van der Waals surface area contributed by atoms with Crippen LogP contribution in [0.1, 0.15) is 6.42 Å². The molecule has 2 aromatic heterocycles. The van der Waals surface area contributed by atoms with E-state index in [1.165, 1.54) is 13.0 Å². The molecule has 1 atom stereocenters. The van der Waals surface area contributed by atoms with Gasteiger partial charge in [0.25, 0.3) is 5.56 Å². The summed E-state index contributed by atoms with van der Waals surface area (Å²) >= 11 is 0. The van der Waals surface area contributed by atoms with E-state index in [1.54, 1.807) is 18.5 Å². The van der Waals surface area contributed by atoms with Crippen LogP contribution in [0.15, 0.2) is 47.5 Å². The Morgan fingerprint density at radius 3 is 2.85 bits per heavy atom. The quantitative estimate of drug-likeness (QED) is 0.749. The molecule has 7 nitrogen and oxygen atoms in total. The van der Waals surface area contributed by atoms with Crippen LogP contribution in [0.4, 0.5) is 5.69 Å². The number of hydrogen-bond acceptors (Lipinski definition) is 6. The molecule has 0 bridgehead atoms. The molecule has 1 fully saturated rings. The molecular weight excluding hydrogens is 342 g/mol. The molecule has 1 unspecified atom stereocenters. The first kappa shape index (κ1) is 17.5. The van der Waals surface area contributed by atoms with Gasteiger partial charge in [0.1, 0.15) is 5.75 Å². The van der Waals surface area contributed by atoms with Gasteiger partial charge in [0.05, 0.1) is 17.1 Å². The van der Waals surface area contributed by atoms with Crippen LogP contribution >= 0.6 is 0 Å². The van der Waals surface area contributed by atoms with Gasteiger partial charge in [-0.2, -0.15) is 4.98 Å². The fraction of sp³-hybridized carbons (Fsp3) is 0.350. The van der Waals surface area contributed by atoms with Gasteiger partial charge in [0, 0.05) is 32.0 Å². The number of pyridine rings is 1. The average molecular weight is 365 g/mol. The SMILES string of the molecule is CN1CCC(CN(C)c2ccc(Oc3nc4cnccc4c(=O)[nH]3)cc2)C1.